The summed E-state index contributed by atoms with van der Waals surface area (Å²) in [5.41, 5.74) is 1.51. The molecule has 0 nitrogen and oxygen atoms in total. The fourth-order valence-electron chi connectivity index (χ4n) is 1.47. The molecule has 0 spiro atoms. The Kier molecular flexibility index (Phi) is 2.77. The van der Waals surface area contributed by atoms with Gasteiger partial charge in [-0.05, 0) is 25.0 Å². The van der Waals surface area contributed by atoms with Crippen molar-refractivity contribution >= 4 is 17.9 Å². The van der Waals surface area contributed by atoms with Crippen molar-refractivity contribution in [3.05, 3.63) is 11.6 Å². The highest BCUT2D eigenvalue weighted by atomic mass is 35.7. The average Bonchev–Trinajstić information content (AvgIpc) is 2.12. The molecule has 0 saturated heterocycles. The summed E-state index contributed by atoms with van der Waals surface area (Å²) in [6.07, 6.45) is 7.23. The Balaban J connectivity index is 2.44. The molecule has 1 heterocycles. The molecule has 1 atom stereocenters. The lowest BCUT2D eigenvalue weighted by Crippen LogP contribution is -1.93. The molecule has 0 radical (unpaired) electrons. The SMILES string of the molecule is CCC[P+]1(Cl)CC=C(C)C1. The molecule has 1 aliphatic heterocycles. The molecule has 10 heavy (non-hydrogen) atoms. The van der Waals surface area contributed by atoms with E-state index in [1.54, 1.807) is 0 Å². The van der Waals surface area contributed by atoms with E-state index in [0.717, 1.165) is 0 Å². The van der Waals surface area contributed by atoms with Gasteiger partial charge in [0.1, 0.15) is 6.62 Å². The van der Waals surface area contributed by atoms with Crippen molar-refractivity contribution in [2.24, 2.45) is 0 Å². The van der Waals surface area contributed by atoms with Gasteiger partial charge in [0.05, 0.1) is 29.7 Å². The number of rotatable bonds is 2. The van der Waals surface area contributed by atoms with Crippen molar-refractivity contribution in [3.63, 3.8) is 0 Å². The molecule has 2 heteroatoms. The summed E-state index contributed by atoms with van der Waals surface area (Å²) in [7, 11) is 0. The zero-order valence-electron chi connectivity index (χ0n) is 6.73. The highest BCUT2D eigenvalue weighted by molar-refractivity contribution is 7.99. The molecular weight excluding hydrogens is 163 g/mol. The first-order valence-corrected chi connectivity index (χ1v) is 7.12. The maximum absolute atomic E-state index is 6.42. The minimum Gasteiger partial charge on any atom is -0.0619 e. The van der Waals surface area contributed by atoms with Gasteiger partial charge in [-0.1, -0.05) is 6.92 Å². The second kappa shape index (κ2) is 3.24. The number of halogens is 1. The van der Waals surface area contributed by atoms with Crippen LogP contribution < -0.4 is 0 Å². The van der Waals surface area contributed by atoms with Crippen molar-refractivity contribution in [1.29, 1.82) is 0 Å². The quantitative estimate of drug-likeness (QED) is 0.447. The van der Waals surface area contributed by atoms with Crippen LogP contribution in [-0.2, 0) is 0 Å². The lowest BCUT2D eigenvalue weighted by molar-refractivity contribution is 1.09. The minimum absolute atomic E-state index is 0.997. The molecule has 0 saturated carbocycles. The number of hydrogen-bond acceptors (Lipinski definition) is 0. The summed E-state index contributed by atoms with van der Waals surface area (Å²) < 4.78 is 0. The van der Waals surface area contributed by atoms with E-state index in [1.165, 1.54) is 30.5 Å². The van der Waals surface area contributed by atoms with Crippen molar-refractivity contribution in [2.75, 3.05) is 18.5 Å². The Hall–Kier alpha value is 0.460. The summed E-state index contributed by atoms with van der Waals surface area (Å²) >= 11 is 6.42. The molecule has 0 aromatic rings. The predicted octanol–water partition coefficient (Wildman–Crippen LogP) is 3.53. The molecule has 0 bridgehead atoms. The van der Waals surface area contributed by atoms with Crippen LogP contribution in [0.4, 0.5) is 0 Å². The molecule has 58 valence electrons. The van der Waals surface area contributed by atoms with E-state index in [4.69, 9.17) is 11.2 Å². The van der Waals surface area contributed by atoms with E-state index in [1.807, 2.05) is 0 Å². The first-order valence-electron chi connectivity index (χ1n) is 3.88. The molecule has 0 aliphatic carbocycles. The largest absolute Gasteiger partial charge is 0.121 e. The van der Waals surface area contributed by atoms with E-state index in [9.17, 15) is 0 Å². The molecule has 0 aromatic carbocycles. The standard InChI is InChI=1S/C8H15ClP/c1-3-5-10(9)6-4-8(2)7-10/h4H,3,5-7H2,1-2H3/q+1. The summed E-state index contributed by atoms with van der Waals surface area (Å²) in [5.74, 6) is 0. The van der Waals surface area contributed by atoms with Crippen LogP contribution >= 0.6 is 17.9 Å². The van der Waals surface area contributed by atoms with Crippen LogP contribution in [0.15, 0.2) is 11.6 Å². The maximum Gasteiger partial charge on any atom is 0.121 e. The van der Waals surface area contributed by atoms with E-state index in [0.29, 0.717) is 0 Å². The van der Waals surface area contributed by atoms with Gasteiger partial charge in [-0.3, -0.25) is 0 Å². The monoisotopic (exact) mass is 177 g/mol. The van der Waals surface area contributed by atoms with Gasteiger partial charge in [-0.2, -0.15) is 0 Å². The second-order valence-corrected chi connectivity index (χ2v) is 8.48. The van der Waals surface area contributed by atoms with Gasteiger partial charge in [0.2, 0.25) is 0 Å². The average molecular weight is 178 g/mol. The Bertz CT molecular complexity index is 153. The van der Waals surface area contributed by atoms with Gasteiger partial charge in [-0.15, -0.1) is 0 Å². The molecule has 0 aromatic heterocycles. The fraction of sp³-hybridized carbons (Fsp3) is 0.750. The van der Waals surface area contributed by atoms with Crippen LogP contribution in [-0.4, -0.2) is 18.5 Å². The van der Waals surface area contributed by atoms with Crippen LogP contribution in [0.1, 0.15) is 20.3 Å². The molecule has 0 N–H and O–H groups in total. The van der Waals surface area contributed by atoms with Crippen LogP contribution in [0.25, 0.3) is 0 Å². The number of allylic oxidation sites excluding steroid dienone is 2. The normalized spacial score (nSPS) is 32.5. The van der Waals surface area contributed by atoms with Gasteiger partial charge >= 0.3 is 0 Å². The topological polar surface area (TPSA) is 0 Å². The van der Waals surface area contributed by atoms with Crippen molar-refractivity contribution in [3.8, 4) is 0 Å². The third kappa shape index (κ3) is 1.97. The van der Waals surface area contributed by atoms with Gasteiger partial charge in [0.25, 0.3) is 0 Å². The van der Waals surface area contributed by atoms with Crippen molar-refractivity contribution in [2.45, 2.75) is 20.3 Å². The Morgan fingerprint density at radius 2 is 2.40 bits per heavy atom. The zero-order valence-corrected chi connectivity index (χ0v) is 8.38. The molecule has 1 unspecified atom stereocenters. The van der Waals surface area contributed by atoms with Gasteiger partial charge in [0, 0.05) is 0 Å². The van der Waals surface area contributed by atoms with E-state index >= 15 is 0 Å². The molecule has 0 amide bonds. The second-order valence-electron chi connectivity index (χ2n) is 3.14. The lowest BCUT2D eigenvalue weighted by atomic mass is 10.3. The smallest absolute Gasteiger partial charge is 0.0619 e. The molecule has 1 rings (SSSR count). The van der Waals surface area contributed by atoms with Gasteiger partial charge < -0.3 is 0 Å². The van der Waals surface area contributed by atoms with Crippen molar-refractivity contribution in [1.82, 2.24) is 0 Å². The summed E-state index contributed by atoms with van der Waals surface area (Å²) in [4.78, 5) is 0. The maximum atomic E-state index is 6.42. The third-order valence-corrected chi connectivity index (χ3v) is 6.35. The first-order chi connectivity index (χ1) is 4.66. The Morgan fingerprint density at radius 3 is 2.80 bits per heavy atom. The van der Waals surface area contributed by atoms with Gasteiger partial charge in [0.15, 0.2) is 0 Å². The fourth-order valence-corrected chi connectivity index (χ4v) is 5.68. The van der Waals surface area contributed by atoms with Crippen LogP contribution in [0, 0.1) is 0 Å². The highest BCUT2D eigenvalue weighted by Gasteiger charge is 2.37. The highest BCUT2D eigenvalue weighted by Crippen LogP contribution is 2.67. The van der Waals surface area contributed by atoms with E-state index in [2.05, 4.69) is 19.9 Å². The van der Waals surface area contributed by atoms with E-state index < -0.39 is 6.62 Å². The first kappa shape index (κ1) is 8.56. The van der Waals surface area contributed by atoms with Crippen LogP contribution in [0.5, 0.6) is 0 Å². The lowest BCUT2D eigenvalue weighted by Gasteiger charge is -2.10. The van der Waals surface area contributed by atoms with Crippen LogP contribution in [0.3, 0.4) is 0 Å². The molecule has 1 aliphatic rings. The van der Waals surface area contributed by atoms with Gasteiger partial charge in [-0.25, -0.2) is 0 Å². The Morgan fingerprint density at radius 1 is 1.70 bits per heavy atom. The van der Waals surface area contributed by atoms with Crippen LogP contribution in [0.2, 0.25) is 0 Å². The summed E-state index contributed by atoms with van der Waals surface area (Å²) in [6.45, 7) is 3.42. The zero-order chi connectivity index (χ0) is 7.61. The summed E-state index contributed by atoms with van der Waals surface area (Å²) in [6, 6.07) is 0. The number of hydrogen-bond donors (Lipinski definition) is 0. The predicted molar refractivity (Wildman–Crippen MR) is 51.4 cm³/mol. The Labute approximate surface area is 68.8 Å². The van der Waals surface area contributed by atoms with E-state index in [-0.39, 0.29) is 0 Å². The minimum atomic E-state index is -0.997. The summed E-state index contributed by atoms with van der Waals surface area (Å²) in [5, 5.41) is 0. The third-order valence-electron chi connectivity index (χ3n) is 1.92. The molecule has 0 fully saturated rings. The molecular formula is C8H15ClP+. The van der Waals surface area contributed by atoms with Crippen molar-refractivity contribution < 1.29 is 0 Å².